The molecule has 3 rings (SSSR count). The Bertz CT molecular complexity index is 776. The maximum Gasteiger partial charge on any atom is 0.416 e. The summed E-state index contributed by atoms with van der Waals surface area (Å²) in [4.78, 5) is 0. The van der Waals surface area contributed by atoms with Crippen LogP contribution < -0.4 is 0 Å². The minimum atomic E-state index is -4.34. The summed E-state index contributed by atoms with van der Waals surface area (Å²) in [6.07, 6.45) is -4.34. The summed E-state index contributed by atoms with van der Waals surface area (Å²) >= 11 is 5.87. The van der Waals surface area contributed by atoms with Gasteiger partial charge in [0.25, 0.3) is 0 Å². The van der Waals surface area contributed by atoms with E-state index in [9.17, 15) is 13.2 Å². The van der Waals surface area contributed by atoms with Crippen LogP contribution in [0.5, 0.6) is 0 Å². The Morgan fingerprint density at radius 1 is 1.00 bits per heavy atom. The van der Waals surface area contributed by atoms with Gasteiger partial charge in [0.05, 0.1) is 28.3 Å². The smallest absolute Gasteiger partial charge is 0.233 e. The van der Waals surface area contributed by atoms with Crippen LogP contribution in [0.3, 0.4) is 0 Å². The van der Waals surface area contributed by atoms with Crippen LogP contribution in [-0.4, -0.2) is 9.78 Å². The number of alkyl halides is 4. The Labute approximate surface area is 123 Å². The average molecular weight is 311 g/mol. The first-order chi connectivity index (χ1) is 10.0. The van der Waals surface area contributed by atoms with Gasteiger partial charge in [-0.25, -0.2) is 4.68 Å². The Balaban J connectivity index is 2.12. The molecule has 0 aliphatic rings. The second-order valence-electron chi connectivity index (χ2n) is 4.55. The van der Waals surface area contributed by atoms with Crippen molar-refractivity contribution >= 4 is 22.5 Å². The van der Waals surface area contributed by atoms with Gasteiger partial charge in [-0.15, -0.1) is 11.6 Å². The highest BCUT2D eigenvalue weighted by Crippen LogP contribution is 2.30. The van der Waals surface area contributed by atoms with Crippen molar-refractivity contribution in [1.29, 1.82) is 0 Å². The number of rotatable bonds is 2. The van der Waals surface area contributed by atoms with E-state index in [1.807, 2.05) is 24.3 Å². The molecule has 0 saturated heterocycles. The van der Waals surface area contributed by atoms with E-state index in [0.717, 1.165) is 23.0 Å². The van der Waals surface area contributed by atoms with Gasteiger partial charge >= 0.3 is 6.18 Å². The minimum absolute atomic E-state index is 0.244. The molecule has 0 fully saturated rings. The molecule has 108 valence electrons. The van der Waals surface area contributed by atoms with Crippen LogP contribution in [0.1, 0.15) is 11.3 Å². The lowest BCUT2D eigenvalue weighted by Crippen LogP contribution is -2.05. The lowest BCUT2D eigenvalue weighted by molar-refractivity contribution is -0.137. The first-order valence-corrected chi connectivity index (χ1v) is 6.74. The molecule has 0 aliphatic carbocycles. The summed E-state index contributed by atoms with van der Waals surface area (Å²) in [6, 6.07) is 12.4. The van der Waals surface area contributed by atoms with E-state index >= 15 is 0 Å². The third-order valence-corrected chi connectivity index (χ3v) is 3.48. The van der Waals surface area contributed by atoms with Crippen molar-refractivity contribution in [3.63, 3.8) is 0 Å². The largest absolute Gasteiger partial charge is 0.416 e. The van der Waals surface area contributed by atoms with Crippen molar-refractivity contribution in [2.45, 2.75) is 12.1 Å². The Hall–Kier alpha value is -2.01. The molecule has 0 bridgehead atoms. The Kier molecular flexibility index (Phi) is 3.37. The summed E-state index contributed by atoms with van der Waals surface area (Å²) in [6.45, 7) is 0. The van der Waals surface area contributed by atoms with Crippen LogP contribution >= 0.6 is 11.6 Å². The van der Waals surface area contributed by atoms with Crippen molar-refractivity contribution in [2.75, 3.05) is 0 Å². The molecule has 1 aromatic heterocycles. The normalized spacial score (nSPS) is 12.0. The number of hydrogen-bond acceptors (Lipinski definition) is 1. The van der Waals surface area contributed by atoms with E-state index in [2.05, 4.69) is 5.10 Å². The molecule has 0 N–H and O–H groups in total. The van der Waals surface area contributed by atoms with E-state index in [1.165, 1.54) is 12.1 Å². The molecule has 0 aliphatic heterocycles. The van der Waals surface area contributed by atoms with Gasteiger partial charge in [0.1, 0.15) is 0 Å². The maximum atomic E-state index is 12.6. The van der Waals surface area contributed by atoms with Gasteiger partial charge in [0, 0.05) is 5.39 Å². The molecular formula is C15H10ClF3N2. The van der Waals surface area contributed by atoms with Gasteiger partial charge in [-0.3, -0.25) is 0 Å². The highest BCUT2D eigenvalue weighted by molar-refractivity contribution is 6.17. The van der Waals surface area contributed by atoms with Gasteiger partial charge in [-0.1, -0.05) is 18.2 Å². The zero-order chi connectivity index (χ0) is 15.0. The van der Waals surface area contributed by atoms with Gasteiger partial charge < -0.3 is 0 Å². The first kappa shape index (κ1) is 13.9. The summed E-state index contributed by atoms with van der Waals surface area (Å²) in [5.41, 5.74) is 1.40. The predicted octanol–water partition coefficient (Wildman–Crippen LogP) is 4.78. The molecular weight excluding hydrogens is 301 g/mol. The number of hydrogen-bond donors (Lipinski definition) is 0. The van der Waals surface area contributed by atoms with Crippen molar-refractivity contribution in [3.05, 3.63) is 59.8 Å². The highest BCUT2D eigenvalue weighted by atomic mass is 35.5. The fourth-order valence-electron chi connectivity index (χ4n) is 2.22. The molecule has 0 amide bonds. The van der Waals surface area contributed by atoms with E-state index < -0.39 is 11.7 Å². The number of halogens is 4. The monoisotopic (exact) mass is 310 g/mol. The molecule has 2 nitrogen and oxygen atoms in total. The summed E-state index contributed by atoms with van der Waals surface area (Å²) in [5, 5.41) is 5.27. The first-order valence-electron chi connectivity index (χ1n) is 6.21. The van der Waals surface area contributed by atoms with Crippen LogP contribution in [0.25, 0.3) is 16.6 Å². The quantitative estimate of drug-likeness (QED) is 0.623. The second kappa shape index (κ2) is 5.07. The lowest BCUT2D eigenvalue weighted by atomic mass is 10.2. The highest BCUT2D eigenvalue weighted by Gasteiger charge is 2.30. The van der Waals surface area contributed by atoms with E-state index in [-0.39, 0.29) is 5.88 Å². The van der Waals surface area contributed by atoms with Crippen LogP contribution in [0.15, 0.2) is 48.5 Å². The van der Waals surface area contributed by atoms with Crippen molar-refractivity contribution in [1.82, 2.24) is 9.78 Å². The molecule has 0 atom stereocenters. The van der Waals surface area contributed by atoms with Crippen LogP contribution in [0.4, 0.5) is 13.2 Å². The number of fused-ring (bicyclic) bond motifs is 1. The molecule has 0 unspecified atom stereocenters. The third kappa shape index (κ3) is 2.49. The number of aromatic nitrogens is 2. The molecule has 1 heterocycles. The number of nitrogens with zero attached hydrogens (tertiary/aromatic N) is 2. The fraction of sp³-hybridized carbons (Fsp3) is 0.133. The number of para-hydroxylation sites is 1. The van der Waals surface area contributed by atoms with Crippen molar-refractivity contribution < 1.29 is 13.2 Å². The molecule has 2 aromatic carbocycles. The van der Waals surface area contributed by atoms with E-state index in [1.54, 1.807) is 4.68 Å². The zero-order valence-corrected chi connectivity index (χ0v) is 11.5. The summed E-state index contributed by atoms with van der Waals surface area (Å²) in [7, 11) is 0. The van der Waals surface area contributed by atoms with Gasteiger partial charge in [-0.05, 0) is 30.3 Å². The van der Waals surface area contributed by atoms with Crippen molar-refractivity contribution in [2.24, 2.45) is 0 Å². The van der Waals surface area contributed by atoms with Gasteiger partial charge in [0.2, 0.25) is 0 Å². The minimum Gasteiger partial charge on any atom is -0.233 e. The molecule has 0 spiro atoms. The average Bonchev–Trinajstić information content (AvgIpc) is 2.85. The Morgan fingerprint density at radius 2 is 1.67 bits per heavy atom. The Morgan fingerprint density at radius 3 is 2.29 bits per heavy atom. The van der Waals surface area contributed by atoms with Crippen LogP contribution in [0.2, 0.25) is 0 Å². The standard InChI is InChI=1S/C15H10ClF3N2/c16-9-13-12-3-1-2-4-14(12)21(20-13)11-7-5-10(6-8-11)15(17,18)19/h1-8H,9H2. The molecule has 0 saturated carbocycles. The molecule has 3 aromatic rings. The zero-order valence-electron chi connectivity index (χ0n) is 10.7. The fourth-order valence-corrected chi connectivity index (χ4v) is 2.42. The van der Waals surface area contributed by atoms with E-state index in [0.29, 0.717) is 11.4 Å². The maximum absolute atomic E-state index is 12.6. The summed E-state index contributed by atoms with van der Waals surface area (Å²) in [5.74, 6) is 0.244. The second-order valence-corrected chi connectivity index (χ2v) is 4.82. The van der Waals surface area contributed by atoms with Crippen LogP contribution in [-0.2, 0) is 12.1 Å². The van der Waals surface area contributed by atoms with Crippen molar-refractivity contribution in [3.8, 4) is 5.69 Å². The molecule has 21 heavy (non-hydrogen) atoms. The molecule has 6 heteroatoms. The molecule has 0 radical (unpaired) electrons. The van der Waals surface area contributed by atoms with E-state index in [4.69, 9.17) is 11.6 Å². The lowest BCUT2D eigenvalue weighted by Gasteiger charge is -2.08. The summed E-state index contributed by atoms with van der Waals surface area (Å²) < 4.78 is 39.4. The topological polar surface area (TPSA) is 17.8 Å². The predicted molar refractivity (Wildman–Crippen MR) is 75.6 cm³/mol. The van der Waals surface area contributed by atoms with Crippen LogP contribution in [0, 0.1) is 0 Å². The SMILES string of the molecule is FC(F)(F)c1ccc(-n2nc(CCl)c3ccccc32)cc1. The van der Waals surface area contributed by atoms with Gasteiger partial charge in [-0.2, -0.15) is 18.3 Å². The van der Waals surface area contributed by atoms with Gasteiger partial charge in [0.15, 0.2) is 0 Å². The number of benzene rings is 2. The third-order valence-electron chi connectivity index (χ3n) is 3.23.